The fourth-order valence-corrected chi connectivity index (χ4v) is 1.51. The monoisotopic (exact) mass is 250 g/mol. The molecule has 0 saturated heterocycles. The molecule has 2 nitrogen and oxygen atoms in total. The Hall–Kier alpha value is -0.550. The molecule has 1 aromatic rings. The molecule has 2 N–H and O–H groups in total. The molecule has 0 aliphatic heterocycles. The molecular formula is C8H9BrF2N2. The van der Waals surface area contributed by atoms with Crippen LogP contribution in [0, 0.1) is 6.92 Å². The highest BCUT2D eigenvalue weighted by Gasteiger charge is 2.14. The number of aryl methyl sites for hydroxylation is 1. The third kappa shape index (κ3) is 2.22. The van der Waals surface area contributed by atoms with Crippen LogP contribution in [0.4, 0.5) is 8.78 Å². The van der Waals surface area contributed by atoms with Gasteiger partial charge in [-0.2, -0.15) is 0 Å². The average molecular weight is 251 g/mol. The lowest BCUT2D eigenvalue weighted by Gasteiger charge is -2.07. The first-order valence-electron chi connectivity index (χ1n) is 3.70. The summed E-state index contributed by atoms with van der Waals surface area (Å²) in [7, 11) is 0. The highest BCUT2D eigenvalue weighted by molar-refractivity contribution is 9.10. The van der Waals surface area contributed by atoms with E-state index in [4.69, 9.17) is 5.73 Å². The van der Waals surface area contributed by atoms with E-state index in [-0.39, 0.29) is 16.7 Å². The molecule has 1 rings (SSSR count). The van der Waals surface area contributed by atoms with Gasteiger partial charge in [0.1, 0.15) is 4.60 Å². The first-order valence-corrected chi connectivity index (χ1v) is 4.49. The molecule has 0 radical (unpaired) electrons. The number of nitrogens with two attached hydrogens (primary N) is 1. The molecule has 0 aliphatic rings. The van der Waals surface area contributed by atoms with E-state index >= 15 is 0 Å². The minimum atomic E-state index is -2.51. The summed E-state index contributed by atoms with van der Waals surface area (Å²) in [6, 6.07) is 1.41. The van der Waals surface area contributed by atoms with Gasteiger partial charge in [0.2, 0.25) is 0 Å². The van der Waals surface area contributed by atoms with E-state index in [2.05, 4.69) is 20.9 Å². The number of hydrogen-bond donors (Lipinski definition) is 1. The summed E-state index contributed by atoms with van der Waals surface area (Å²) in [5, 5.41) is 0. The lowest BCUT2D eigenvalue weighted by molar-refractivity contribution is 0.150. The van der Waals surface area contributed by atoms with Crippen LogP contribution in [0.3, 0.4) is 0 Å². The van der Waals surface area contributed by atoms with Crippen LogP contribution in [0.25, 0.3) is 0 Å². The molecule has 1 aromatic heterocycles. The summed E-state index contributed by atoms with van der Waals surface area (Å²) < 4.78 is 24.9. The topological polar surface area (TPSA) is 38.9 Å². The standard InChI is InChI=1S/C8H9BrF2N2/c1-4-2-5(8(10)11)7(9)13-6(4)3-12/h2,8H,3,12H2,1H3. The molecule has 5 heteroatoms. The second kappa shape index (κ2) is 4.11. The van der Waals surface area contributed by atoms with Crippen LogP contribution in [0.1, 0.15) is 23.2 Å². The third-order valence-corrected chi connectivity index (χ3v) is 2.36. The Kier molecular flexibility index (Phi) is 3.33. The Morgan fingerprint density at radius 3 is 2.69 bits per heavy atom. The molecular weight excluding hydrogens is 242 g/mol. The van der Waals surface area contributed by atoms with Gasteiger partial charge in [-0.15, -0.1) is 0 Å². The van der Waals surface area contributed by atoms with Gasteiger partial charge in [-0.1, -0.05) is 0 Å². The minimum Gasteiger partial charge on any atom is -0.325 e. The zero-order valence-electron chi connectivity index (χ0n) is 7.02. The van der Waals surface area contributed by atoms with Gasteiger partial charge in [-0.25, -0.2) is 13.8 Å². The second-order valence-corrected chi connectivity index (χ2v) is 3.39. The van der Waals surface area contributed by atoms with E-state index in [9.17, 15) is 8.78 Å². The van der Waals surface area contributed by atoms with Crippen LogP contribution in [0.15, 0.2) is 10.7 Å². The van der Waals surface area contributed by atoms with Crippen molar-refractivity contribution in [2.24, 2.45) is 5.73 Å². The number of aromatic nitrogens is 1. The Labute approximate surface area is 83.3 Å². The maximum Gasteiger partial charge on any atom is 0.266 e. The summed E-state index contributed by atoms with van der Waals surface area (Å²) in [5.74, 6) is 0. The molecule has 0 aliphatic carbocycles. The number of nitrogens with zero attached hydrogens (tertiary/aromatic N) is 1. The number of hydrogen-bond acceptors (Lipinski definition) is 2. The maximum atomic E-state index is 12.3. The fraction of sp³-hybridized carbons (Fsp3) is 0.375. The van der Waals surface area contributed by atoms with Crippen molar-refractivity contribution >= 4 is 15.9 Å². The number of pyridine rings is 1. The van der Waals surface area contributed by atoms with Crippen molar-refractivity contribution in [3.05, 3.63) is 27.5 Å². The molecule has 0 atom stereocenters. The molecule has 0 spiro atoms. The van der Waals surface area contributed by atoms with E-state index in [1.807, 2.05) is 0 Å². The number of rotatable bonds is 2. The SMILES string of the molecule is Cc1cc(C(F)F)c(Br)nc1CN. The summed E-state index contributed by atoms with van der Waals surface area (Å²) in [6.45, 7) is 1.97. The Morgan fingerprint density at radius 2 is 2.23 bits per heavy atom. The van der Waals surface area contributed by atoms with Crippen molar-refractivity contribution in [3.63, 3.8) is 0 Å². The van der Waals surface area contributed by atoms with E-state index < -0.39 is 6.43 Å². The van der Waals surface area contributed by atoms with Crippen molar-refractivity contribution in [1.29, 1.82) is 0 Å². The zero-order chi connectivity index (χ0) is 10.0. The van der Waals surface area contributed by atoms with Gasteiger partial charge in [0.05, 0.1) is 11.3 Å². The summed E-state index contributed by atoms with van der Waals surface area (Å²) >= 11 is 2.98. The highest BCUT2D eigenvalue weighted by atomic mass is 79.9. The molecule has 0 unspecified atom stereocenters. The van der Waals surface area contributed by atoms with Crippen LogP contribution in [0.5, 0.6) is 0 Å². The Balaban J connectivity index is 3.20. The van der Waals surface area contributed by atoms with Gasteiger partial charge in [0, 0.05) is 6.54 Å². The average Bonchev–Trinajstić information content (AvgIpc) is 2.07. The summed E-state index contributed by atoms with van der Waals surface area (Å²) in [6.07, 6.45) is -2.51. The molecule has 0 bridgehead atoms. The summed E-state index contributed by atoms with van der Waals surface area (Å²) in [4.78, 5) is 3.92. The van der Waals surface area contributed by atoms with Gasteiger partial charge in [-0.3, -0.25) is 0 Å². The van der Waals surface area contributed by atoms with Crippen LogP contribution in [-0.4, -0.2) is 4.98 Å². The van der Waals surface area contributed by atoms with Crippen molar-refractivity contribution in [2.45, 2.75) is 19.9 Å². The van der Waals surface area contributed by atoms with Gasteiger partial charge in [0.25, 0.3) is 6.43 Å². The van der Waals surface area contributed by atoms with Crippen molar-refractivity contribution in [2.75, 3.05) is 0 Å². The first kappa shape index (κ1) is 10.5. The predicted molar refractivity (Wildman–Crippen MR) is 49.5 cm³/mol. The Bertz CT molecular complexity index is 315. The van der Waals surface area contributed by atoms with Gasteiger partial charge in [-0.05, 0) is 34.5 Å². The van der Waals surface area contributed by atoms with Crippen LogP contribution in [-0.2, 0) is 6.54 Å². The number of halogens is 3. The largest absolute Gasteiger partial charge is 0.325 e. The second-order valence-electron chi connectivity index (χ2n) is 2.64. The fourth-order valence-electron chi connectivity index (χ4n) is 1.01. The predicted octanol–water partition coefficient (Wildman–Crippen LogP) is 2.55. The van der Waals surface area contributed by atoms with Gasteiger partial charge in [0.15, 0.2) is 0 Å². The first-order chi connectivity index (χ1) is 6.06. The van der Waals surface area contributed by atoms with Crippen LogP contribution >= 0.6 is 15.9 Å². The molecule has 0 fully saturated rings. The normalized spacial score (nSPS) is 10.9. The lowest BCUT2D eigenvalue weighted by atomic mass is 10.1. The van der Waals surface area contributed by atoms with E-state index in [0.717, 1.165) is 0 Å². The van der Waals surface area contributed by atoms with Gasteiger partial charge < -0.3 is 5.73 Å². The van der Waals surface area contributed by atoms with Crippen LogP contribution < -0.4 is 5.73 Å². The molecule has 72 valence electrons. The van der Waals surface area contributed by atoms with E-state index in [1.54, 1.807) is 6.92 Å². The molecule has 1 heterocycles. The quantitative estimate of drug-likeness (QED) is 0.820. The van der Waals surface area contributed by atoms with Crippen molar-refractivity contribution < 1.29 is 8.78 Å². The molecule has 0 saturated carbocycles. The van der Waals surface area contributed by atoms with E-state index in [1.165, 1.54) is 6.07 Å². The summed E-state index contributed by atoms with van der Waals surface area (Å²) in [5.41, 5.74) is 6.62. The number of alkyl halides is 2. The molecule has 13 heavy (non-hydrogen) atoms. The maximum absolute atomic E-state index is 12.3. The minimum absolute atomic E-state index is 0.0882. The smallest absolute Gasteiger partial charge is 0.266 e. The molecule has 0 amide bonds. The molecule has 0 aromatic carbocycles. The van der Waals surface area contributed by atoms with Crippen molar-refractivity contribution in [1.82, 2.24) is 4.98 Å². The zero-order valence-corrected chi connectivity index (χ0v) is 8.61. The third-order valence-electron chi connectivity index (χ3n) is 1.73. The van der Waals surface area contributed by atoms with E-state index in [0.29, 0.717) is 11.3 Å². The lowest BCUT2D eigenvalue weighted by Crippen LogP contribution is -2.04. The Morgan fingerprint density at radius 1 is 1.62 bits per heavy atom. The van der Waals surface area contributed by atoms with Crippen molar-refractivity contribution in [3.8, 4) is 0 Å². The van der Waals surface area contributed by atoms with Crippen LogP contribution in [0.2, 0.25) is 0 Å². The van der Waals surface area contributed by atoms with Gasteiger partial charge >= 0.3 is 0 Å². The highest BCUT2D eigenvalue weighted by Crippen LogP contribution is 2.27.